The zero-order valence-electron chi connectivity index (χ0n) is 12.0. The smallest absolute Gasteiger partial charge is 0.316 e. The number of carbonyl (C=O) groups is 1. The van der Waals surface area contributed by atoms with Crippen molar-refractivity contribution in [2.24, 2.45) is 5.92 Å². The van der Waals surface area contributed by atoms with Crippen LogP contribution >= 0.6 is 0 Å². The molecule has 1 aliphatic heterocycles. The second-order valence-electron chi connectivity index (χ2n) is 5.69. The van der Waals surface area contributed by atoms with Crippen molar-refractivity contribution < 1.29 is 14.3 Å². The van der Waals surface area contributed by atoms with E-state index in [4.69, 9.17) is 9.47 Å². The Labute approximate surface area is 124 Å². The third kappa shape index (κ3) is 3.91. The summed E-state index contributed by atoms with van der Waals surface area (Å²) >= 11 is 0. The van der Waals surface area contributed by atoms with Crippen molar-refractivity contribution in [2.75, 3.05) is 13.2 Å². The van der Waals surface area contributed by atoms with Crippen molar-refractivity contribution in [1.82, 2.24) is 15.3 Å². The highest BCUT2D eigenvalue weighted by atomic mass is 16.5. The van der Waals surface area contributed by atoms with Crippen LogP contribution in [0, 0.1) is 5.92 Å². The van der Waals surface area contributed by atoms with Crippen LogP contribution in [0.25, 0.3) is 0 Å². The monoisotopic (exact) mass is 291 g/mol. The highest BCUT2D eigenvalue weighted by Crippen LogP contribution is 2.23. The molecule has 6 nitrogen and oxygen atoms in total. The van der Waals surface area contributed by atoms with Gasteiger partial charge >= 0.3 is 6.01 Å². The van der Waals surface area contributed by atoms with Gasteiger partial charge in [-0.2, -0.15) is 0 Å². The Hall–Kier alpha value is -1.69. The van der Waals surface area contributed by atoms with Gasteiger partial charge in [-0.05, 0) is 38.2 Å². The molecule has 3 rings (SSSR count). The number of rotatable bonds is 4. The summed E-state index contributed by atoms with van der Waals surface area (Å²) in [5.74, 6) is 0.181. The van der Waals surface area contributed by atoms with Gasteiger partial charge in [-0.25, -0.2) is 9.97 Å². The minimum Gasteiger partial charge on any atom is -0.460 e. The zero-order valence-corrected chi connectivity index (χ0v) is 12.0. The van der Waals surface area contributed by atoms with E-state index in [1.807, 2.05) is 0 Å². The summed E-state index contributed by atoms with van der Waals surface area (Å²) in [6.07, 6.45) is 8.07. The summed E-state index contributed by atoms with van der Waals surface area (Å²) in [4.78, 5) is 20.2. The number of hydrogen-bond acceptors (Lipinski definition) is 5. The maximum atomic E-state index is 12.0. The molecular formula is C15H21N3O3. The fourth-order valence-corrected chi connectivity index (χ4v) is 2.88. The Kier molecular flexibility index (Phi) is 4.65. The molecule has 0 aromatic carbocycles. The fourth-order valence-electron chi connectivity index (χ4n) is 2.88. The van der Waals surface area contributed by atoms with Crippen LogP contribution in [-0.4, -0.2) is 41.2 Å². The SMILES string of the molecule is O=C(NC1CCC(Oc2ncccn2)CC1)C1CCOC1. The van der Waals surface area contributed by atoms with Gasteiger partial charge in [0, 0.05) is 25.0 Å². The highest BCUT2D eigenvalue weighted by molar-refractivity contribution is 5.79. The van der Waals surface area contributed by atoms with Crippen molar-refractivity contribution >= 4 is 5.91 Å². The summed E-state index contributed by atoms with van der Waals surface area (Å²) in [6.45, 7) is 1.27. The summed E-state index contributed by atoms with van der Waals surface area (Å²) in [5.41, 5.74) is 0. The molecule has 1 saturated heterocycles. The van der Waals surface area contributed by atoms with Gasteiger partial charge in [0.05, 0.1) is 12.5 Å². The number of hydrogen-bond donors (Lipinski definition) is 1. The van der Waals surface area contributed by atoms with Crippen LogP contribution in [-0.2, 0) is 9.53 Å². The average Bonchev–Trinajstić information content (AvgIpc) is 3.05. The zero-order chi connectivity index (χ0) is 14.5. The Bertz CT molecular complexity index is 454. The normalized spacial score (nSPS) is 29.0. The topological polar surface area (TPSA) is 73.3 Å². The van der Waals surface area contributed by atoms with E-state index in [1.54, 1.807) is 18.5 Å². The van der Waals surface area contributed by atoms with E-state index in [1.165, 1.54) is 0 Å². The number of amides is 1. The third-order valence-electron chi connectivity index (χ3n) is 4.14. The largest absolute Gasteiger partial charge is 0.460 e. The maximum Gasteiger partial charge on any atom is 0.316 e. The lowest BCUT2D eigenvalue weighted by molar-refractivity contribution is -0.126. The summed E-state index contributed by atoms with van der Waals surface area (Å²) in [6, 6.07) is 2.47. The molecule has 114 valence electrons. The summed E-state index contributed by atoms with van der Waals surface area (Å²) < 4.78 is 11.0. The van der Waals surface area contributed by atoms with E-state index in [0.29, 0.717) is 19.2 Å². The highest BCUT2D eigenvalue weighted by Gasteiger charge is 2.28. The van der Waals surface area contributed by atoms with Crippen LogP contribution in [0.4, 0.5) is 0 Å². The molecule has 1 N–H and O–H groups in total. The van der Waals surface area contributed by atoms with Crippen molar-refractivity contribution in [2.45, 2.75) is 44.2 Å². The molecular weight excluding hydrogens is 270 g/mol. The van der Waals surface area contributed by atoms with Crippen LogP contribution in [0.5, 0.6) is 6.01 Å². The predicted molar refractivity (Wildman–Crippen MR) is 75.8 cm³/mol. The summed E-state index contributed by atoms with van der Waals surface area (Å²) in [7, 11) is 0. The van der Waals surface area contributed by atoms with E-state index in [9.17, 15) is 4.79 Å². The molecule has 1 amide bonds. The Balaban J connectivity index is 1.41. The molecule has 1 aliphatic carbocycles. The first kappa shape index (κ1) is 14.3. The first-order valence-corrected chi connectivity index (χ1v) is 7.63. The fraction of sp³-hybridized carbons (Fsp3) is 0.667. The molecule has 1 aromatic rings. The minimum absolute atomic E-state index is 0.0386. The molecule has 2 aliphatic rings. The van der Waals surface area contributed by atoms with Gasteiger partial charge in [0.1, 0.15) is 6.10 Å². The van der Waals surface area contributed by atoms with E-state index in [-0.39, 0.29) is 24.0 Å². The second-order valence-corrected chi connectivity index (χ2v) is 5.69. The van der Waals surface area contributed by atoms with E-state index in [0.717, 1.165) is 32.1 Å². The Morgan fingerprint density at radius 1 is 1.19 bits per heavy atom. The van der Waals surface area contributed by atoms with Crippen LogP contribution in [0.3, 0.4) is 0 Å². The minimum atomic E-state index is 0.0386. The third-order valence-corrected chi connectivity index (χ3v) is 4.14. The molecule has 1 unspecified atom stereocenters. The molecule has 2 heterocycles. The van der Waals surface area contributed by atoms with Crippen LogP contribution in [0.1, 0.15) is 32.1 Å². The van der Waals surface area contributed by atoms with Gasteiger partial charge in [0.2, 0.25) is 5.91 Å². The lowest BCUT2D eigenvalue weighted by Crippen LogP contribution is -2.42. The lowest BCUT2D eigenvalue weighted by Gasteiger charge is -2.29. The van der Waals surface area contributed by atoms with Crippen molar-refractivity contribution in [3.8, 4) is 6.01 Å². The number of ether oxygens (including phenoxy) is 2. The van der Waals surface area contributed by atoms with Crippen LogP contribution in [0.15, 0.2) is 18.5 Å². The quantitative estimate of drug-likeness (QED) is 0.905. The second kappa shape index (κ2) is 6.85. The van der Waals surface area contributed by atoms with Crippen LogP contribution in [0.2, 0.25) is 0 Å². The van der Waals surface area contributed by atoms with Gasteiger partial charge in [-0.15, -0.1) is 0 Å². The van der Waals surface area contributed by atoms with Crippen molar-refractivity contribution in [3.63, 3.8) is 0 Å². The molecule has 1 saturated carbocycles. The molecule has 1 atom stereocenters. The molecule has 0 spiro atoms. The number of aromatic nitrogens is 2. The summed E-state index contributed by atoms with van der Waals surface area (Å²) in [5, 5.41) is 3.14. The van der Waals surface area contributed by atoms with E-state index < -0.39 is 0 Å². The standard InChI is InChI=1S/C15H21N3O3/c19-14(11-6-9-20-10-11)18-12-2-4-13(5-3-12)21-15-16-7-1-8-17-15/h1,7-8,11-13H,2-6,9-10H2,(H,18,19). The van der Waals surface area contributed by atoms with Gasteiger partial charge in [-0.3, -0.25) is 4.79 Å². The Morgan fingerprint density at radius 3 is 2.62 bits per heavy atom. The van der Waals surface area contributed by atoms with Gasteiger partial charge in [-0.1, -0.05) is 0 Å². The number of carbonyl (C=O) groups excluding carboxylic acids is 1. The first-order chi connectivity index (χ1) is 10.3. The predicted octanol–water partition coefficient (Wildman–Crippen LogP) is 1.32. The maximum absolute atomic E-state index is 12.0. The number of nitrogens with one attached hydrogen (secondary N) is 1. The molecule has 2 fully saturated rings. The molecule has 6 heteroatoms. The van der Waals surface area contributed by atoms with E-state index in [2.05, 4.69) is 15.3 Å². The van der Waals surface area contributed by atoms with Gasteiger partial charge < -0.3 is 14.8 Å². The average molecular weight is 291 g/mol. The first-order valence-electron chi connectivity index (χ1n) is 7.63. The molecule has 0 radical (unpaired) electrons. The molecule has 1 aromatic heterocycles. The van der Waals surface area contributed by atoms with Crippen LogP contribution < -0.4 is 10.1 Å². The van der Waals surface area contributed by atoms with Crippen molar-refractivity contribution in [3.05, 3.63) is 18.5 Å². The van der Waals surface area contributed by atoms with Gasteiger partial charge in [0.15, 0.2) is 0 Å². The Morgan fingerprint density at radius 2 is 1.95 bits per heavy atom. The lowest BCUT2D eigenvalue weighted by atomic mass is 9.92. The molecule has 21 heavy (non-hydrogen) atoms. The molecule has 0 bridgehead atoms. The van der Waals surface area contributed by atoms with Gasteiger partial charge in [0.25, 0.3) is 0 Å². The van der Waals surface area contributed by atoms with E-state index >= 15 is 0 Å². The van der Waals surface area contributed by atoms with Crippen molar-refractivity contribution in [1.29, 1.82) is 0 Å². The number of nitrogens with zero attached hydrogens (tertiary/aromatic N) is 2.